The molecular formula is C13H11ClN4S. The van der Waals surface area contributed by atoms with Crippen LogP contribution in [0.5, 0.6) is 0 Å². The maximum absolute atomic E-state index is 6.17. The standard InChI is InChI=1S/C13H11ClN4S/c14-9-3-6-19-13(9)12(18-15)8-1-2-10-11(7-8)17-5-4-16-10/h1-7,12,18H,15H2. The van der Waals surface area contributed by atoms with Gasteiger partial charge in [-0.05, 0) is 29.1 Å². The van der Waals surface area contributed by atoms with Crippen molar-refractivity contribution in [2.45, 2.75) is 6.04 Å². The molecule has 3 aromatic rings. The van der Waals surface area contributed by atoms with Crippen LogP contribution in [0.2, 0.25) is 5.02 Å². The summed E-state index contributed by atoms with van der Waals surface area (Å²) in [6.07, 6.45) is 3.35. The molecule has 0 saturated carbocycles. The van der Waals surface area contributed by atoms with Gasteiger partial charge >= 0.3 is 0 Å². The fourth-order valence-electron chi connectivity index (χ4n) is 1.99. The van der Waals surface area contributed by atoms with Gasteiger partial charge in [0.2, 0.25) is 0 Å². The number of fused-ring (bicyclic) bond motifs is 1. The zero-order valence-corrected chi connectivity index (χ0v) is 11.4. The number of hydrogen-bond acceptors (Lipinski definition) is 5. The summed E-state index contributed by atoms with van der Waals surface area (Å²) in [7, 11) is 0. The summed E-state index contributed by atoms with van der Waals surface area (Å²) in [6.45, 7) is 0. The molecule has 1 atom stereocenters. The van der Waals surface area contributed by atoms with E-state index in [1.54, 1.807) is 23.7 Å². The lowest BCUT2D eigenvalue weighted by Gasteiger charge is -2.15. The third-order valence-electron chi connectivity index (χ3n) is 2.90. The van der Waals surface area contributed by atoms with Gasteiger partial charge in [0.15, 0.2) is 0 Å². The number of nitrogens with two attached hydrogens (primary N) is 1. The zero-order chi connectivity index (χ0) is 13.2. The van der Waals surface area contributed by atoms with Crippen LogP contribution in [0, 0.1) is 0 Å². The second-order valence-corrected chi connectivity index (χ2v) is 5.39. The first kappa shape index (κ1) is 12.5. The van der Waals surface area contributed by atoms with Gasteiger partial charge in [-0.1, -0.05) is 17.7 Å². The highest BCUT2D eigenvalue weighted by molar-refractivity contribution is 7.10. The van der Waals surface area contributed by atoms with E-state index in [1.807, 2.05) is 29.6 Å². The third kappa shape index (κ3) is 2.33. The van der Waals surface area contributed by atoms with Crippen molar-refractivity contribution in [2.75, 3.05) is 0 Å². The van der Waals surface area contributed by atoms with Crippen molar-refractivity contribution in [1.82, 2.24) is 15.4 Å². The molecule has 1 aromatic carbocycles. The minimum atomic E-state index is -0.140. The van der Waals surface area contributed by atoms with Gasteiger partial charge in [-0.25, -0.2) is 5.43 Å². The normalized spacial score (nSPS) is 12.7. The molecule has 0 fully saturated rings. The Morgan fingerprint density at radius 2 is 1.95 bits per heavy atom. The summed E-state index contributed by atoms with van der Waals surface area (Å²) in [6, 6.07) is 7.62. The fraction of sp³-hybridized carbons (Fsp3) is 0.0769. The highest BCUT2D eigenvalue weighted by Gasteiger charge is 2.17. The van der Waals surface area contributed by atoms with Gasteiger partial charge in [-0.3, -0.25) is 15.8 Å². The fourth-order valence-corrected chi connectivity index (χ4v) is 3.25. The van der Waals surface area contributed by atoms with E-state index in [0.717, 1.165) is 21.5 Å². The Morgan fingerprint density at radius 1 is 1.16 bits per heavy atom. The summed E-state index contributed by atoms with van der Waals surface area (Å²) < 4.78 is 0. The summed E-state index contributed by atoms with van der Waals surface area (Å²) >= 11 is 7.74. The lowest BCUT2D eigenvalue weighted by atomic mass is 10.1. The average Bonchev–Trinajstić information content (AvgIpc) is 2.86. The maximum atomic E-state index is 6.17. The molecule has 2 heterocycles. The van der Waals surface area contributed by atoms with Crippen molar-refractivity contribution < 1.29 is 0 Å². The van der Waals surface area contributed by atoms with E-state index < -0.39 is 0 Å². The largest absolute Gasteiger partial charge is 0.271 e. The number of hydrogen-bond donors (Lipinski definition) is 2. The first-order valence-corrected chi connectivity index (χ1v) is 6.95. The summed E-state index contributed by atoms with van der Waals surface area (Å²) in [5.74, 6) is 5.67. The molecule has 0 spiro atoms. The quantitative estimate of drug-likeness (QED) is 0.575. The molecule has 96 valence electrons. The van der Waals surface area contributed by atoms with E-state index in [-0.39, 0.29) is 6.04 Å². The molecule has 0 amide bonds. The number of halogens is 1. The van der Waals surface area contributed by atoms with Gasteiger partial charge in [0, 0.05) is 17.3 Å². The number of nitrogens with one attached hydrogen (secondary N) is 1. The molecule has 0 radical (unpaired) electrons. The predicted molar refractivity (Wildman–Crippen MR) is 78.0 cm³/mol. The van der Waals surface area contributed by atoms with Crippen molar-refractivity contribution in [2.24, 2.45) is 5.84 Å². The van der Waals surface area contributed by atoms with Crippen LogP contribution >= 0.6 is 22.9 Å². The van der Waals surface area contributed by atoms with Crippen LogP contribution < -0.4 is 11.3 Å². The van der Waals surface area contributed by atoms with Gasteiger partial charge in [0.1, 0.15) is 0 Å². The van der Waals surface area contributed by atoms with Gasteiger partial charge < -0.3 is 0 Å². The van der Waals surface area contributed by atoms with Gasteiger partial charge in [-0.15, -0.1) is 11.3 Å². The van der Waals surface area contributed by atoms with Crippen LogP contribution in [-0.2, 0) is 0 Å². The van der Waals surface area contributed by atoms with Crippen molar-refractivity contribution in [3.05, 3.63) is 57.5 Å². The minimum Gasteiger partial charge on any atom is -0.271 e. The molecule has 0 aliphatic carbocycles. The minimum absolute atomic E-state index is 0.140. The third-order valence-corrected chi connectivity index (χ3v) is 4.32. The van der Waals surface area contributed by atoms with Crippen LogP contribution in [0.15, 0.2) is 42.0 Å². The molecule has 2 aromatic heterocycles. The van der Waals surface area contributed by atoms with E-state index in [1.165, 1.54) is 0 Å². The molecule has 19 heavy (non-hydrogen) atoms. The highest BCUT2D eigenvalue weighted by Crippen LogP contribution is 2.33. The Balaban J connectivity index is 2.09. The van der Waals surface area contributed by atoms with Gasteiger partial charge in [0.25, 0.3) is 0 Å². The first-order valence-electron chi connectivity index (χ1n) is 5.69. The van der Waals surface area contributed by atoms with Gasteiger partial charge in [-0.2, -0.15) is 0 Å². The summed E-state index contributed by atoms with van der Waals surface area (Å²) in [5.41, 5.74) is 5.52. The smallest absolute Gasteiger partial charge is 0.0890 e. The van der Waals surface area contributed by atoms with E-state index in [4.69, 9.17) is 17.4 Å². The van der Waals surface area contributed by atoms with Crippen molar-refractivity contribution in [3.8, 4) is 0 Å². The molecule has 0 saturated heterocycles. The Labute approximate surface area is 119 Å². The molecule has 0 aliphatic heterocycles. The van der Waals surface area contributed by atoms with Crippen molar-refractivity contribution >= 4 is 34.0 Å². The molecule has 0 bridgehead atoms. The predicted octanol–water partition coefficient (Wildman–Crippen LogP) is 2.90. The van der Waals surface area contributed by atoms with E-state index in [9.17, 15) is 0 Å². The van der Waals surface area contributed by atoms with E-state index in [2.05, 4.69) is 15.4 Å². The lowest BCUT2D eigenvalue weighted by Crippen LogP contribution is -2.28. The topological polar surface area (TPSA) is 63.8 Å². The average molecular weight is 291 g/mol. The number of hydrazine groups is 1. The van der Waals surface area contributed by atoms with E-state index >= 15 is 0 Å². The lowest BCUT2D eigenvalue weighted by molar-refractivity contribution is 0.647. The molecular weight excluding hydrogens is 280 g/mol. The molecule has 6 heteroatoms. The summed E-state index contributed by atoms with van der Waals surface area (Å²) in [5, 5.41) is 2.66. The molecule has 3 N–H and O–H groups in total. The van der Waals surface area contributed by atoms with Crippen LogP contribution in [0.4, 0.5) is 0 Å². The number of thiophene rings is 1. The Morgan fingerprint density at radius 3 is 2.63 bits per heavy atom. The monoisotopic (exact) mass is 290 g/mol. The Bertz CT molecular complexity index is 712. The molecule has 3 rings (SSSR count). The SMILES string of the molecule is NNC(c1ccc2nccnc2c1)c1sccc1Cl. The summed E-state index contributed by atoms with van der Waals surface area (Å²) in [4.78, 5) is 9.54. The van der Waals surface area contributed by atoms with Crippen LogP contribution in [0.3, 0.4) is 0 Å². The molecule has 4 nitrogen and oxygen atoms in total. The van der Waals surface area contributed by atoms with Crippen molar-refractivity contribution in [1.29, 1.82) is 0 Å². The number of benzene rings is 1. The second kappa shape index (κ2) is 5.22. The first-order chi connectivity index (χ1) is 9.29. The van der Waals surface area contributed by atoms with Crippen molar-refractivity contribution in [3.63, 3.8) is 0 Å². The molecule has 0 aliphatic rings. The Kier molecular flexibility index (Phi) is 3.44. The number of nitrogens with zero attached hydrogens (tertiary/aromatic N) is 2. The van der Waals surface area contributed by atoms with Gasteiger partial charge in [0.05, 0.1) is 22.1 Å². The highest BCUT2D eigenvalue weighted by atomic mass is 35.5. The maximum Gasteiger partial charge on any atom is 0.0890 e. The second-order valence-electron chi connectivity index (χ2n) is 4.04. The van der Waals surface area contributed by atoms with Crippen LogP contribution in [0.1, 0.15) is 16.5 Å². The zero-order valence-electron chi connectivity index (χ0n) is 9.88. The number of rotatable bonds is 3. The molecule has 1 unspecified atom stereocenters. The van der Waals surface area contributed by atoms with Crippen LogP contribution in [-0.4, -0.2) is 9.97 Å². The van der Waals surface area contributed by atoms with Crippen LogP contribution in [0.25, 0.3) is 11.0 Å². The number of aromatic nitrogens is 2. The Hall–Kier alpha value is -1.53. The van der Waals surface area contributed by atoms with E-state index in [0.29, 0.717) is 5.02 Å².